The van der Waals surface area contributed by atoms with Crippen LogP contribution in [0.15, 0.2) is 82.8 Å². The van der Waals surface area contributed by atoms with Crippen molar-refractivity contribution in [2.75, 3.05) is 29.6 Å². The summed E-state index contributed by atoms with van der Waals surface area (Å²) >= 11 is 1.68. The van der Waals surface area contributed by atoms with Crippen molar-refractivity contribution >= 4 is 46.8 Å². The average molecular weight is 573 g/mol. The lowest BCUT2D eigenvalue weighted by molar-refractivity contribution is -0.112. The zero-order valence-corrected chi connectivity index (χ0v) is 24.3. The summed E-state index contributed by atoms with van der Waals surface area (Å²) in [6.45, 7) is 2.79. The van der Waals surface area contributed by atoms with E-state index < -0.39 is 6.03 Å². The minimum absolute atomic E-state index is 0.205. The fourth-order valence-corrected chi connectivity index (χ4v) is 5.52. The molecule has 3 aromatic rings. The highest BCUT2D eigenvalue weighted by Crippen LogP contribution is 2.34. The molecule has 41 heavy (non-hydrogen) atoms. The highest BCUT2D eigenvalue weighted by molar-refractivity contribution is 7.99. The van der Waals surface area contributed by atoms with Gasteiger partial charge in [0, 0.05) is 28.4 Å². The van der Waals surface area contributed by atoms with Crippen molar-refractivity contribution in [3.63, 3.8) is 0 Å². The normalized spacial score (nSPS) is 13.3. The Balaban J connectivity index is 1.45. The Morgan fingerprint density at radius 3 is 2.44 bits per heavy atom. The van der Waals surface area contributed by atoms with Gasteiger partial charge < -0.3 is 15.0 Å². The van der Waals surface area contributed by atoms with Gasteiger partial charge in [0.05, 0.1) is 18.4 Å². The fourth-order valence-electron chi connectivity index (χ4n) is 4.59. The predicted molar refractivity (Wildman–Crippen MR) is 165 cm³/mol. The molecule has 214 valence electrons. The van der Waals surface area contributed by atoms with Crippen LogP contribution in [0.2, 0.25) is 0 Å². The average Bonchev–Trinajstić information content (AvgIpc) is 3.25. The minimum atomic E-state index is -0.514. The molecule has 0 atom stereocenters. The molecule has 0 aliphatic carbocycles. The van der Waals surface area contributed by atoms with Gasteiger partial charge in [0.1, 0.15) is 0 Å². The Hall–Kier alpha value is -4.11. The van der Waals surface area contributed by atoms with Crippen LogP contribution in [0.4, 0.5) is 16.2 Å². The number of urea groups is 1. The zero-order valence-electron chi connectivity index (χ0n) is 23.5. The van der Waals surface area contributed by atoms with E-state index in [1.54, 1.807) is 40.9 Å². The van der Waals surface area contributed by atoms with Gasteiger partial charge in [0.15, 0.2) is 5.71 Å². The van der Waals surface area contributed by atoms with E-state index in [0.717, 1.165) is 59.6 Å². The molecular weight excluding hydrogens is 536 g/mol. The summed E-state index contributed by atoms with van der Waals surface area (Å²) in [6.07, 6.45) is 6.28. The van der Waals surface area contributed by atoms with Crippen LogP contribution in [0.5, 0.6) is 0 Å². The Kier molecular flexibility index (Phi) is 11.0. The fraction of sp³-hybridized carbons (Fsp3) is 0.312. The summed E-state index contributed by atoms with van der Waals surface area (Å²) < 4.78 is 4.76. The molecule has 4 rings (SSSR count). The van der Waals surface area contributed by atoms with E-state index in [4.69, 9.17) is 4.74 Å². The van der Waals surface area contributed by atoms with Gasteiger partial charge in [-0.05, 0) is 60.9 Å². The van der Waals surface area contributed by atoms with Gasteiger partial charge in [-0.3, -0.25) is 4.79 Å². The Morgan fingerprint density at radius 2 is 1.71 bits per heavy atom. The van der Waals surface area contributed by atoms with Crippen LogP contribution < -0.4 is 15.6 Å². The van der Waals surface area contributed by atoms with Gasteiger partial charge in [0.25, 0.3) is 5.91 Å². The number of amides is 3. The number of fused-ring (bicyclic) bond motifs is 1. The topological polar surface area (TPSA) is 100 Å². The third-order valence-electron chi connectivity index (χ3n) is 6.78. The second kappa shape index (κ2) is 15.0. The third-order valence-corrected chi connectivity index (χ3v) is 7.78. The summed E-state index contributed by atoms with van der Waals surface area (Å²) in [5.41, 5.74) is 6.55. The summed E-state index contributed by atoms with van der Waals surface area (Å²) in [5, 5.41) is 6.99. The van der Waals surface area contributed by atoms with Crippen LogP contribution in [-0.2, 0) is 16.0 Å². The molecule has 1 aliphatic rings. The van der Waals surface area contributed by atoms with Crippen LogP contribution in [0.1, 0.15) is 60.5 Å². The number of carbonyl (C=O) groups is 3. The number of rotatable bonds is 13. The number of hydrogen-bond donors (Lipinski definition) is 2. The van der Waals surface area contributed by atoms with Gasteiger partial charge in [-0.1, -0.05) is 62.9 Å². The maximum absolute atomic E-state index is 13.4. The van der Waals surface area contributed by atoms with Gasteiger partial charge in [-0.15, -0.1) is 11.8 Å². The smallest absolute Gasteiger partial charge is 0.339 e. The quantitative estimate of drug-likeness (QED) is 0.103. The Bertz CT molecular complexity index is 1380. The first-order chi connectivity index (χ1) is 20.0. The number of methoxy groups -OCH3 is 1. The summed E-state index contributed by atoms with van der Waals surface area (Å²) in [7, 11) is 1.37. The number of anilines is 2. The number of aryl methyl sites for hydroxylation is 1. The highest BCUT2D eigenvalue weighted by atomic mass is 32.2. The molecule has 1 heterocycles. The molecule has 0 fully saturated rings. The largest absolute Gasteiger partial charge is 0.465 e. The van der Waals surface area contributed by atoms with Gasteiger partial charge in [-0.25, -0.2) is 15.0 Å². The van der Waals surface area contributed by atoms with Crippen LogP contribution in [0, 0.1) is 0 Å². The molecule has 3 aromatic carbocycles. The van der Waals surface area contributed by atoms with Crippen molar-refractivity contribution in [2.45, 2.75) is 50.3 Å². The highest BCUT2D eigenvalue weighted by Gasteiger charge is 2.34. The third kappa shape index (κ3) is 8.20. The van der Waals surface area contributed by atoms with Crippen molar-refractivity contribution in [1.29, 1.82) is 0 Å². The van der Waals surface area contributed by atoms with E-state index in [1.807, 2.05) is 48.5 Å². The lowest BCUT2D eigenvalue weighted by Gasteiger charge is -2.17. The van der Waals surface area contributed by atoms with Crippen molar-refractivity contribution in [1.82, 2.24) is 5.43 Å². The number of hydrogen-bond acceptors (Lipinski definition) is 6. The molecule has 0 unspecified atom stereocenters. The SMILES string of the molecule is CCCCCCCN1C(=O)/C(=N\NC(=O)Nc2ccccc2)c2cc(SCCc3ccc(C(=O)OC)cc3)ccc21. The Morgan fingerprint density at radius 1 is 0.951 bits per heavy atom. The van der Waals surface area contributed by atoms with E-state index in [9.17, 15) is 14.4 Å². The molecule has 0 spiro atoms. The molecule has 0 aromatic heterocycles. The summed E-state index contributed by atoms with van der Waals surface area (Å²) in [5.74, 6) is 0.261. The number of nitrogens with one attached hydrogen (secondary N) is 2. The van der Waals surface area contributed by atoms with Crippen LogP contribution in [0.3, 0.4) is 0 Å². The molecule has 8 nitrogen and oxygen atoms in total. The molecule has 9 heteroatoms. The number of hydrazone groups is 1. The molecule has 0 radical (unpaired) electrons. The summed E-state index contributed by atoms with van der Waals surface area (Å²) in [6, 6.07) is 21.9. The van der Waals surface area contributed by atoms with Gasteiger partial charge in [-0.2, -0.15) is 5.10 Å². The second-order valence-electron chi connectivity index (χ2n) is 9.73. The van der Waals surface area contributed by atoms with Crippen LogP contribution >= 0.6 is 11.8 Å². The first kappa shape index (κ1) is 29.9. The van der Waals surface area contributed by atoms with E-state index in [0.29, 0.717) is 17.8 Å². The lowest BCUT2D eigenvalue weighted by atomic mass is 10.1. The monoisotopic (exact) mass is 572 g/mol. The van der Waals surface area contributed by atoms with Gasteiger partial charge >= 0.3 is 12.0 Å². The molecule has 2 N–H and O–H groups in total. The first-order valence-electron chi connectivity index (χ1n) is 14.0. The first-order valence-corrected chi connectivity index (χ1v) is 14.9. The van der Waals surface area contributed by atoms with E-state index in [-0.39, 0.29) is 17.6 Å². The van der Waals surface area contributed by atoms with E-state index in [2.05, 4.69) is 22.8 Å². The van der Waals surface area contributed by atoms with Crippen LogP contribution in [0.25, 0.3) is 0 Å². The molecule has 0 saturated carbocycles. The maximum atomic E-state index is 13.4. The maximum Gasteiger partial charge on any atom is 0.339 e. The van der Waals surface area contributed by atoms with Crippen LogP contribution in [-0.4, -0.2) is 43.0 Å². The number of ether oxygens (including phenoxy) is 1. The molecule has 0 saturated heterocycles. The van der Waals surface area contributed by atoms with Crippen molar-refractivity contribution < 1.29 is 19.1 Å². The number of unbranched alkanes of at least 4 members (excludes halogenated alkanes) is 4. The van der Waals surface area contributed by atoms with Crippen molar-refractivity contribution in [2.24, 2.45) is 5.10 Å². The molecular formula is C32H36N4O4S. The standard InChI is InChI=1S/C32H36N4O4S/c1-3-4-5-6-10-20-36-28-18-17-26(41-21-19-23-13-15-24(16-14-23)31(38)40-2)22-27(28)29(30(36)37)34-35-32(39)33-25-11-8-7-9-12-25/h7-9,11-18,22H,3-6,10,19-21H2,1-2H3,(H2,33,35,39)/b34-29-. The Labute approximate surface area is 245 Å². The number of thioether (sulfide) groups is 1. The number of benzene rings is 3. The predicted octanol–water partition coefficient (Wildman–Crippen LogP) is 6.65. The number of nitrogens with zero attached hydrogens (tertiary/aromatic N) is 2. The van der Waals surface area contributed by atoms with Crippen molar-refractivity contribution in [3.05, 3.63) is 89.5 Å². The molecule has 3 amide bonds. The molecule has 1 aliphatic heterocycles. The van der Waals surface area contributed by atoms with Gasteiger partial charge in [0.2, 0.25) is 0 Å². The van der Waals surface area contributed by atoms with E-state index >= 15 is 0 Å². The number of esters is 1. The second-order valence-corrected chi connectivity index (χ2v) is 10.9. The minimum Gasteiger partial charge on any atom is -0.465 e. The number of carbonyl (C=O) groups excluding carboxylic acids is 3. The molecule has 0 bridgehead atoms. The van der Waals surface area contributed by atoms with Crippen molar-refractivity contribution in [3.8, 4) is 0 Å². The number of para-hydroxylation sites is 1. The zero-order chi connectivity index (χ0) is 29.0. The van der Waals surface area contributed by atoms with E-state index in [1.165, 1.54) is 13.5 Å². The summed E-state index contributed by atoms with van der Waals surface area (Å²) in [4.78, 5) is 40.4. The lowest BCUT2D eigenvalue weighted by Crippen LogP contribution is -2.33.